The van der Waals surface area contributed by atoms with Crippen LogP contribution in [0, 0.1) is 18.3 Å². The maximum atomic E-state index is 9.51. The molecule has 0 aliphatic carbocycles. The Kier molecular flexibility index (Phi) is 4.04. The van der Waals surface area contributed by atoms with Gasteiger partial charge in [0.2, 0.25) is 0 Å². The summed E-state index contributed by atoms with van der Waals surface area (Å²) in [5.41, 5.74) is 9.90. The number of nitrogens with zero attached hydrogens (tertiary/aromatic N) is 5. The van der Waals surface area contributed by atoms with Crippen LogP contribution in [0.5, 0.6) is 0 Å². The third-order valence-corrected chi connectivity index (χ3v) is 4.05. The fraction of sp³-hybridized carbons (Fsp3) is 0.294. The SMILES string of the molecule is CCc1c(C)nn2c(N)c(C#N)c(NC(C)c3ccccn3)nc12. The van der Waals surface area contributed by atoms with Crippen LogP contribution in [-0.2, 0) is 6.42 Å². The molecule has 0 radical (unpaired) electrons. The summed E-state index contributed by atoms with van der Waals surface area (Å²) >= 11 is 0. The standard InChI is InChI=1S/C17H19N7/c1-4-12-10(2)23-24-15(19)13(9-18)16(22-17(12)24)21-11(3)14-7-5-6-8-20-14/h5-8,11H,4,19H2,1-3H3,(H,21,22). The lowest BCUT2D eigenvalue weighted by Crippen LogP contribution is -2.14. The van der Waals surface area contributed by atoms with Crippen molar-refractivity contribution >= 4 is 17.3 Å². The van der Waals surface area contributed by atoms with E-state index in [1.165, 1.54) is 0 Å². The molecule has 0 fully saturated rings. The molecule has 0 bridgehead atoms. The van der Waals surface area contributed by atoms with Crippen LogP contribution in [0.1, 0.15) is 42.4 Å². The summed E-state index contributed by atoms with van der Waals surface area (Å²) in [5.74, 6) is 0.747. The lowest BCUT2D eigenvalue weighted by molar-refractivity contribution is 0.827. The van der Waals surface area contributed by atoms with Gasteiger partial charge in [0.25, 0.3) is 0 Å². The third-order valence-electron chi connectivity index (χ3n) is 4.05. The normalized spacial score (nSPS) is 12.1. The van der Waals surface area contributed by atoms with Crippen LogP contribution in [0.2, 0.25) is 0 Å². The average Bonchev–Trinajstić information content (AvgIpc) is 2.91. The van der Waals surface area contributed by atoms with Crippen molar-refractivity contribution in [2.24, 2.45) is 0 Å². The van der Waals surface area contributed by atoms with Gasteiger partial charge in [-0.15, -0.1) is 0 Å². The predicted molar refractivity (Wildman–Crippen MR) is 92.5 cm³/mol. The van der Waals surface area contributed by atoms with Crippen molar-refractivity contribution in [1.82, 2.24) is 19.6 Å². The van der Waals surface area contributed by atoms with Crippen LogP contribution < -0.4 is 11.1 Å². The quantitative estimate of drug-likeness (QED) is 0.765. The van der Waals surface area contributed by atoms with E-state index in [0.717, 1.165) is 23.4 Å². The molecule has 3 aromatic rings. The Balaban J connectivity index is 2.11. The highest BCUT2D eigenvalue weighted by atomic mass is 15.3. The lowest BCUT2D eigenvalue weighted by Gasteiger charge is -2.16. The van der Waals surface area contributed by atoms with E-state index in [1.807, 2.05) is 39.0 Å². The monoisotopic (exact) mass is 321 g/mol. The van der Waals surface area contributed by atoms with E-state index in [9.17, 15) is 5.26 Å². The first-order valence-corrected chi connectivity index (χ1v) is 7.82. The van der Waals surface area contributed by atoms with Crippen LogP contribution in [0.4, 0.5) is 11.6 Å². The second-order valence-corrected chi connectivity index (χ2v) is 5.61. The molecular formula is C17H19N7. The molecule has 0 amide bonds. The lowest BCUT2D eigenvalue weighted by atomic mass is 10.2. The molecule has 0 saturated carbocycles. The fourth-order valence-electron chi connectivity index (χ4n) is 2.76. The van der Waals surface area contributed by atoms with Gasteiger partial charge in [-0.25, -0.2) is 4.98 Å². The first-order chi connectivity index (χ1) is 11.6. The van der Waals surface area contributed by atoms with Crippen molar-refractivity contribution in [3.63, 3.8) is 0 Å². The van der Waals surface area contributed by atoms with Gasteiger partial charge in [-0.1, -0.05) is 13.0 Å². The summed E-state index contributed by atoms with van der Waals surface area (Å²) in [5, 5.41) is 17.2. The van der Waals surface area contributed by atoms with Crippen LogP contribution in [0.3, 0.4) is 0 Å². The molecule has 3 aromatic heterocycles. The van der Waals surface area contributed by atoms with Gasteiger partial charge in [-0.05, 0) is 32.4 Å². The Morgan fingerprint density at radius 1 is 1.42 bits per heavy atom. The highest BCUT2D eigenvalue weighted by Gasteiger charge is 2.19. The van der Waals surface area contributed by atoms with Gasteiger partial charge in [-0.2, -0.15) is 14.9 Å². The molecular weight excluding hydrogens is 302 g/mol. The van der Waals surface area contributed by atoms with Crippen LogP contribution in [0.25, 0.3) is 5.65 Å². The molecule has 122 valence electrons. The number of aryl methyl sites for hydroxylation is 2. The number of nitriles is 1. The van der Waals surface area contributed by atoms with E-state index < -0.39 is 0 Å². The third kappa shape index (κ3) is 2.52. The average molecular weight is 321 g/mol. The van der Waals surface area contributed by atoms with E-state index in [-0.39, 0.29) is 11.6 Å². The first kappa shape index (κ1) is 15.7. The number of aromatic nitrogens is 4. The molecule has 3 N–H and O–H groups in total. The second-order valence-electron chi connectivity index (χ2n) is 5.61. The zero-order chi connectivity index (χ0) is 17.3. The number of rotatable bonds is 4. The molecule has 0 aliphatic heterocycles. The number of fused-ring (bicyclic) bond motifs is 1. The van der Waals surface area contributed by atoms with Gasteiger partial charge in [-0.3, -0.25) is 4.98 Å². The number of nitrogen functional groups attached to an aromatic ring is 1. The van der Waals surface area contributed by atoms with Crippen molar-refractivity contribution in [1.29, 1.82) is 5.26 Å². The predicted octanol–water partition coefficient (Wildman–Crippen LogP) is 2.62. The van der Waals surface area contributed by atoms with Gasteiger partial charge in [0.15, 0.2) is 11.5 Å². The van der Waals surface area contributed by atoms with Crippen LogP contribution >= 0.6 is 0 Å². The highest BCUT2D eigenvalue weighted by molar-refractivity contribution is 5.70. The highest BCUT2D eigenvalue weighted by Crippen LogP contribution is 2.27. The molecule has 7 heteroatoms. The minimum absolute atomic E-state index is 0.109. The molecule has 3 rings (SSSR count). The largest absolute Gasteiger partial charge is 0.382 e. The van der Waals surface area contributed by atoms with Crippen LogP contribution in [0.15, 0.2) is 24.4 Å². The Labute approximate surface area is 140 Å². The van der Waals surface area contributed by atoms with Gasteiger partial charge >= 0.3 is 0 Å². The molecule has 1 unspecified atom stereocenters. The van der Waals surface area contributed by atoms with Gasteiger partial charge < -0.3 is 11.1 Å². The summed E-state index contributed by atoms with van der Waals surface area (Å²) in [4.78, 5) is 8.95. The molecule has 1 atom stereocenters. The number of hydrogen-bond acceptors (Lipinski definition) is 6. The Morgan fingerprint density at radius 3 is 2.83 bits per heavy atom. The summed E-state index contributed by atoms with van der Waals surface area (Å²) in [7, 11) is 0. The summed E-state index contributed by atoms with van der Waals surface area (Å²) in [6.07, 6.45) is 2.53. The summed E-state index contributed by atoms with van der Waals surface area (Å²) in [6, 6.07) is 7.73. The summed E-state index contributed by atoms with van der Waals surface area (Å²) in [6.45, 7) is 5.93. The zero-order valence-electron chi connectivity index (χ0n) is 13.9. The minimum atomic E-state index is -0.109. The van der Waals surface area contributed by atoms with E-state index >= 15 is 0 Å². The summed E-state index contributed by atoms with van der Waals surface area (Å²) < 4.78 is 1.54. The molecule has 3 heterocycles. The Hall–Kier alpha value is -3.14. The van der Waals surface area contributed by atoms with Crippen molar-refractivity contribution in [3.8, 4) is 6.07 Å². The van der Waals surface area contributed by atoms with E-state index in [1.54, 1.807) is 10.7 Å². The van der Waals surface area contributed by atoms with Gasteiger partial charge in [0.05, 0.1) is 17.4 Å². The zero-order valence-corrected chi connectivity index (χ0v) is 13.9. The molecule has 0 saturated heterocycles. The molecule has 7 nitrogen and oxygen atoms in total. The Morgan fingerprint density at radius 2 is 2.21 bits per heavy atom. The Bertz CT molecular complexity index is 922. The van der Waals surface area contributed by atoms with Crippen molar-refractivity contribution < 1.29 is 0 Å². The van der Waals surface area contributed by atoms with Crippen molar-refractivity contribution in [2.75, 3.05) is 11.1 Å². The van der Waals surface area contributed by atoms with E-state index in [2.05, 4.69) is 26.5 Å². The number of hydrogen-bond donors (Lipinski definition) is 2. The maximum absolute atomic E-state index is 9.51. The number of nitrogens with one attached hydrogen (secondary N) is 1. The maximum Gasteiger partial charge on any atom is 0.163 e. The van der Waals surface area contributed by atoms with E-state index in [4.69, 9.17) is 5.73 Å². The first-order valence-electron chi connectivity index (χ1n) is 7.82. The van der Waals surface area contributed by atoms with E-state index in [0.29, 0.717) is 17.3 Å². The molecule has 0 aliphatic rings. The number of pyridine rings is 1. The molecule has 24 heavy (non-hydrogen) atoms. The molecule has 0 aromatic carbocycles. The second kappa shape index (κ2) is 6.16. The smallest absolute Gasteiger partial charge is 0.163 e. The van der Waals surface area contributed by atoms with Crippen LogP contribution in [-0.4, -0.2) is 19.6 Å². The number of nitrogens with two attached hydrogens (primary N) is 1. The molecule has 0 spiro atoms. The van der Waals surface area contributed by atoms with Crippen molar-refractivity contribution in [2.45, 2.75) is 33.2 Å². The van der Waals surface area contributed by atoms with Gasteiger partial charge in [0.1, 0.15) is 17.5 Å². The van der Waals surface area contributed by atoms with Gasteiger partial charge in [0, 0.05) is 11.8 Å². The topological polar surface area (TPSA) is 105 Å². The van der Waals surface area contributed by atoms with Crippen molar-refractivity contribution in [3.05, 3.63) is 46.9 Å². The fourth-order valence-corrected chi connectivity index (χ4v) is 2.76. The number of anilines is 2. The minimum Gasteiger partial charge on any atom is -0.382 e.